The van der Waals surface area contributed by atoms with E-state index in [1.54, 1.807) is 0 Å². The van der Waals surface area contributed by atoms with E-state index < -0.39 is 76.7 Å². The van der Waals surface area contributed by atoms with Gasteiger partial charge in [-0.1, -0.05) is 12.1 Å². The Balaban J connectivity index is 2.06. The number of benzene rings is 1. The molecule has 0 bridgehead atoms. The number of Topliss-reactive ketones (excluding diaryl/α,β-unsaturated/α-hetero) is 2. The number of phenols is 1. The lowest BCUT2D eigenvalue weighted by atomic mass is 9.70. The Morgan fingerprint density at radius 3 is 2.14 bits per heavy atom. The van der Waals surface area contributed by atoms with E-state index in [-0.39, 0.29) is 22.3 Å². The number of fused-ring (bicyclic) bond motifs is 3. The Kier molecular flexibility index (Phi) is 5.90. The number of nitrogens with zero attached hydrogens (tertiary/aromatic N) is 2. The molecule has 1 aromatic rings. The molecular formula is C24H22N2O10. The Labute approximate surface area is 204 Å². The average molecular weight is 498 g/mol. The van der Waals surface area contributed by atoms with Crippen LogP contribution in [0.25, 0.3) is 5.53 Å². The summed E-state index contributed by atoms with van der Waals surface area (Å²) in [6.07, 6.45) is -4.96. The molecule has 12 heteroatoms. The molecule has 188 valence electrons. The number of ketones is 2. The quantitative estimate of drug-likeness (QED) is 0.257. The Morgan fingerprint density at radius 1 is 0.972 bits per heavy atom. The van der Waals surface area contributed by atoms with E-state index in [1.807, 2.05) is 0 Å². The summed E-state index contributed by atoms with van der Waals surface area (Å²) in [5.74, 6) is -7.49. The van der Waals surface area contributed by atoms with Crippen molar-refractivity contribution in [3.8, 4) is 5.75 Å². The largest absolute Gasteiger partial charge is 0.507 e. The fourth-order valence-electron chi connectivity index (χ4n) is 5.37. The lowest BCUT2D eigenvalue weighted by molar-refractivity contribution is -0.207. The van der Waals surface area contributed by atoms with Crippen LogP contribution >= 0.6 is 0 Å². The van der Waals surface area contributed by atoms with Crippen molar-refractivity contribution in [2.75, 3.05) is 0 Å². The first kappa shape index (κ1) is 25.0. The van der Waals surface area contributed by atoms with Crippen molar-refractivity contribution in [3.05, 3.63) is 46.0 Å². The minimum atomic E-state index is -2.26. The summed E-state index contributed by atoms with van der Waals surface area (Å²) < 4.78 is 16.1. The van der Waals surface area contributed by atoms with E-state index in [0.29, 0.717) is 0 Å². The smallest absolute Gasteiger partial charge is 0.311 e. The number of hydrogen-bond acceptors (Lipinski definition) is 10. The highest BCUT2D eigenvalue weighted by Gasteiger charge is 2.68. The van der Waals surface area contributed by atoms with Crippen molar-refractivity contribution >= 4 is 35.2 Å². The van der Waals surface area contributed by atoms with Gasteiger partial charge in [0.2, 0.25) is 0 Å². The zero-order chi connectivity index (χ0) is 26.7. The van der Waals surface area contributed by atoms with Crippen molar-refractivity contribution < 1.29 is 53.2 Å². The molecule has 6 atom stereocenters. The zero-order valence-corrected chi connectivity index (χ0v) is 19.7. The molecule has 0 spiro atoms. The number of aromatic hydroxyl groups is 1. The van der Waals surface area contributed by atoms with Crippen LogP contribution in [0.4, 0.5) is 0 Å². The number of rotatable bonds is 3. The monoisotopic (exact) mass is 498 g/mol. The third-order valence-electron chi connectivity index (χ3n) is 6.60. The van der Waals surface area contributed by atoms with Crippen LogP contribution in [0.1, 0.15) is 48.4 Å². The van der Waals surface area contributed by atoms with Crippen molar-refractivity contribution in [3.63, 3.8) is 0 Å². The van der Waals surface area contributed by atoms with Gasteiger partial charge in [-0.3, -0.25) is 24.0 Å². The van der Waals surface area contributed by atoms with Gasteiger partial charge in [0, 0.05) is 31.9 Å². The van der Waals surface area contributed by atoms with Crippen LogP contribution in [0.2, 0.25) is 0 Å². The third-order valence-corrected chi connectivity index (χ3v) is 6.60. The summed E-state index contributed by atoms with van der Waals surface area (Å²) in [5, 5.41) is 21.8. The summed E-state index contributed by atoms with van der Waals surface area (Å²) in [5.41, 5.74) is 6.57. The predicted molar refractivity (Wildman–Crippen MR) is 117 cm³/mol. The first-order valence-corrected chi connectivity index (χ1v) is 10.9. The molecule has 2 unspecified atom stereocenters. The Morgan fingerprint density at radius 2 is 1.58 bits per heavy atom. The maximum atomic E-state index is 13.7. The number of carbonyl (C=O) groups is 5. The maximum Gasteiger partial charge on any atom is 0.311 e. The van der Waals surface area contributed by atoms with E-state index in [1.165, 1.54) is 18.2 Å². The van der Waals surface area contributed by atoms with Gasteiger partial charge >= 0.3 is 23.6 Å². The summed E-state index contributed by atoms with van der Waals surface area (Å²) in [6, 6.07) is 3.91. The van der Waals surface area contributed by atoms with Crippen molar-refractivity contribution in [2.45, 2.75) is 51.6 Å². The van der Waals surface area contributed by atoms with Gasteiger partial charge in [-0.15, -0.1) is 0 Å². The standard InChI is InChI=1S/C24H22N2O10/c1-8(27)34-21-15-14-16(20(32)13-11(19(14)31)6-5-7-12(13)30)18(26-25)17(15)22(35-9(2)28)24(4,33)23(21)36-10(3)29/h5-7,14,16,21-23,30,33H,1-4H3/t14?,16?,21-,22+,23+,24+/m0/s1. The van der Waals surface area contributed by atoms with E-state index in [2.05, 4.69) is 4.79 Å². The molecule has 3 aliphatic rings. The number of carbonyl (C=O) groups excluding carboxylic acids is 5. The average Bonchev–Trinajstić information content (AvgIpc) is 3.12. The fraction of sp³-hybridized carbons (Fsp3) is 0.417. The highest BCUT2D eigenvalue weighted by atomic mass is 16.6. The van der Waals surface area contributed by atoms with E-state index in [0.717, 1.165) is 27.7 Å². The first-order valence-electron chi connectivity index (χ1n) is 10.9. The topological polar surface area (TPSA) is 190 Å². The molecule has 0 aromatic heterocycles. The van der Waals surface area contributed by atoms with Gasteiger partial charge in [-0.25, -0.2) is 0 Å². The van der Waals surface area contributed by atoms with Gasteiger partial charge in [0.25, 0.3) is 0 Å². The van der Waals surface area contributed by atoms with Crippen LogP contribution in [0.15, 0.2) is 29.3 Å². The molecule has 1 aromatic carbocycles. The van der Waals surface area contributed by atoms with Crippen molar-refractivity contribution in [1.82, 2.24) is 0 Å². The zero-order valence-electron chi connectivity index (χ0n) is 19.7. The van der Waals surface area contributed by atoms with Crippen LogP contribution in [-0.2, 0) is 28.6 Å². The van der Waals surface area contributed by atoms with Gasteiger partial charge in [-0.05, 0) is 13.0 Å². The van der Waals surface area contributed by atoms with Crippen LogP contribution in [-0.4, -0.2) is 74.1 Å². The molecule has 0 saturated carbocycles. The van der Waals surface area contributed by atoms with Crippen molar-refractivity contribution in [2.24, 2.45) is 11.8 Å². The summed E-state index contributed by atoms with van der Waals surface area (Å²) >= 11 is 0. The predicted octanol–water partition coefficient (Wildman–Crippen LogP) is 0.544. The highest BCUT2D eigenvalue weighted by Crippen LogP contribution is 2.52. The minimum absolute atomic E-state index is 0.112. The molecule has 0 heterocycles. The number of esters is 3. The highest BCUT2D eigenvalue weighted by molar-refractivity contribution is 6.29. The Hall–Kier alpha value is -4.15. The van der Waals surface area contributed by atoms with Gasteiger partial charge < -0.3 is 30.0 Å². The molecule has 4 rings (SSSR count). The minimum Gasteiger partial charge on any atom is -0.507 e. The molecule has 0 radical (unpaired) electrons. The lowest BCUT2D eigenvalue weighted by Gasteiger charge is -2.45. The van der Waals surface area contributed by atoms with E-state index in [9.17, 15) is 39.7 Å². The second-order valence-electron chi connectivity index (χ2n) is 9.01. The van der Waals surface area contributed by atoms with Crippen LogP contribution < -0.4 is 0 Å². The van der Waals surface area contributed by atoms with E-state index >= 15 is 0 Å². The first-order chi connectivity index (χ1) is 16.8. The SMILES string of the molecule is CC(=O)O[C@@H]1C2=C(C3C(=O)c4cccc(O)c4C(=O)C3C2=[N+]=[N-])[C@H](OC(C)=O)[C@@H](OC(C)=O)[C@]1(C)O. The molecule has 36 heavy (non-hydrogen) atoms. The lowest BCUT2D eigenvalue weighted by Crippen LogP contribution is -2.63. The molecule has 0 fully saturated rings. The summed E-state index contributed by atoms with van der Waals surface area (Å²) in [4.78, 5) is 66.6. The molecule has 2 N–H and O–H groups in total. The van der Waals surface area contributed by atoms with E-state index in [4.69, 9.17) is 14.2 Å². The van der Waals surface area contributed by atoms with Crippen LogP contribution in [0, 0.1) is 11.8 Å². The maximum absolute atomic E-state index is 13.7. The molecule has 0 amide bonds. The third kappa shape index (κ3) is 3.53. The second-order valence-corrected chi connectivity index (χ2v) is 9.01. The number of ether oxygens (including phenoxy) is 3. The number of aliphatic hydroxyl groups is 1. The van der Waals surface area contributed by atoms with Crippen LogP contribution in [0.5, 0.6) is 5.75 Å². The van der Waals surface area contributed by atoms with Crippen LogP contribution in [0.3, 0.4) is 0 Å². The van der Waals surface area contributed by atoms with Gasteiger partial charge in [-0.2, -0.15) is 4.79 Å². The van der Waals surface area contributed by atoms with Gasteiger partial charge in [0.1, 0.15) is 17.3 Å². The number of hydrogen-bond donors (Lipinski definition) is 2. The molecule has 0 aliphatic heterocycles. The summed E-state index contributed by atoms with van der Waals surface area (Å²) in [7, 11) is 0. The summed E-state index contributed by atoms with van der Waals surface area (Å²) in [6.45, 7) is 4.28. The molecular weight excluding hydrogens is 476 g/mol. The fourth-order valence-corrected chi connectivity index (χ4v) is 5.37. The van der Waals surface area contributed by atoms with Crippen molar-refractivity contribution in [1.29, 1.82) is 0 Å². The van der Waals surface area contributed by atoms with Gasteiger partial charge in [0.15, 0.2) is 29.9 Å². The Bertz CT molecular complexity index is 1320. The second kappa shape index (κ2) is 8.51. The van der Waals surface area contributed by atoms with Gasteiger partial charge in [0.05, 0.1) is 17.1 Å². The normalized spacial score (nSPS) is 30.6. The number of phenolic OH excluding ortho intramolecular Hbond substituents is 1. The molecule has 3 aliphatic carbocycles. The molecule has 0 saturated heterocycles. The molecule has 12 nitrogen and oxygen atoms in total.